The zero-order valence-corrected chi connectivity index (χ0v) is 14.5. The summed E-state index contributed by atoms with van der Waals surface area (Å²) in [7, 11) is 0. The Balaban J connectivity index is 1.66. The number of benzene rings is 2. The molecule has 8 nitrogen and oxygen atoms in total. The second-order valence-electron chi connectivity index (χ2n) is 6.59. The van der Waals surface area contributed by atoms with Crippen LogP contribution >= 0.6 is 0 Å². The van der Waals surface area contributed by atoms with Crippen LogP contribution in [-0.2, 0) is 9.59 Å². The molecular formula is C20H14N2O6. The van der Waals surface area contributed by atoms with Crippen LogP contribution in [-0.4, -0.2) is 45.6 Å². The molecule has 4 rings (SSSR count). The predicted molar refractivity (Wildman–Crippen MR) is 95.5 cm³/mol. The van der Waals surface area contributed by atoms with Gasteiger partial charge in [-0.15, -0.1) is 0 Å². The average Bonchev–Trinajstić information content (AvgIpc) is 2.92. The summed E-state index contributed by atoms with van der Waals surface area (Å²) in [4.78, 5) is 60.8. The summed E-state index contributed by atoms with van der Waals surface area (Å²) >= 11 is 0. The van der Waals surface area contributed by atoms with Crippen LogP contribution in [0, 0.1) is 0 Å². The molecule has 140 valence electrons. The number of carboxylic acid groups (broad SMARTS) is 1. The SMILES string of the molecule is O=C1CCC(N2C(=O)c3ccc(-c4ccc(C(=O)O)cc4)cc3C2=O)C(=O)N1. The Bertz CT molecular complexity index is 1060. The lowest BCUT2D eigenvalue weighted by molar-refractivity contribution is -0.136. The van der Waals surface area contributed by atoms with Crippen molar-refractivity contribution in [3.05, 3.63) is 59.2 Å². The maximum atomic E-state index is 12.8. The zero-order chi connectivity index (χ0) is 20.0. The number of nitrogens with one attached hydrogen (secondary N) is 1. The fourth-order valence-corrected chi connectivity index (χ4v) is 3.46. The van der Waals surface area contributed by atoms with E-state index in [1.807, 2.05) is 0 Å². The van der Waals surface area contributed by atoms with Gasteiger partial charge in [-0.1, -0.05) is 18.2 Å². The lowest BCUT2D eigenvalue weighted by Gasteiger charge is -2.27. The van der Waals surface area contributed by atoms with Crippen molar-refractivity contribution in [1.82, 2.24) is 10.2 Å². The molecule has 0 spiro atoms. The molecule has 0 aliphatic carbocycles. The van der Waals surface area contributed by atoms with Gasteiger partial charge in [0.1, 0.15) is 6.04 Å². The number of carboxylic acids is 1. The summed E-state index contributed by atoms with van der Waals surface area (Å²) < 4.78 is 0. The van der Waals surface area contributed by atoms with Gasteiger partial charge in [0.05, 0.1) is 16.7 Å². The second kappa shape index (κ2) is 6.41. The molecule has 0 saturated carbocycles. The van der Waals surface area contributed by atoms with Gasteiger partial charge >= 0.3 is 5.97 Å². The highest BCUT2D eigenvalue weighted by Gasteiger charge is 2.44. The van der Waals surface area contributed by atoms with Crippen molar-refractivity contribution in [3.63, 3.8) is 0 Å². The van der Waals surface area contributed by atoms with Crippen LogP contribution < -0.4 is 5.32 Å². The van der Waals surface area contributed by atoms with E-state index < -0.39 is 35.6 Å². The van der Waals surface area contributed by atoms with Gasteiger partial charge in [-0.05, 0) is 41.8 Å². The molecule has 0 aromatic heterocycles. The molecule has 2 aliphatic heterocycles. The Morgan fingerprint density at radius 2 is 1.57 bits per heavy atom. The van der Waals surface area contributed by atoms with E-state index >= 15 is 0 Å². The van der Waals surface area contributed by atoms with Crippen molar-refractivity contribution in [2.24, 2.45) is 0 Å². The van der Waals surface area contributed by atoms with Gasteiger partial charge in [-0.2, -0.15) is 0 Å². The van der Waals surface area contributed by atoms with Crippen LogP contribution in [0.25, 0.3) is 11.1 Å². The van der Waals surface area contributed by atoms with Crippen molar-refractivity contribution < 1.29 is 29.1 Å². The minimum atomic E-state index is -1.04. The third-order valence-corrected chi connectivity index (χ3v) is 4.90. The summed E-state index contributed by atoms with van der Waals surface area (Å²) in [5.41, 5.74) is 1.84. The van der Waals surface area contributed by atoms with E-state index in [0.29, 0.717) is 11.1 Å². The van der Waals surface area contributed by atoms with E-state index in [1.54, 1.807) is 24.3 Å². The average molecular weight is 378 g/mol. The van der Waals surface area contributed by atoms with Gasteiger partial charge in [0.15, 0.2) is 0 Å². The van der Waals surface area contributed by atoms with Crippen LogP contribution in [0.5, 0.6) is 0 Å². The number of piperidine rings is 1. The normalized spacial score (nSPS) is 18.9. The number of nitrogens with zero attached hydrogens (tertiary/aromatic N) is 1. The highest BCUT2D eigenvalue weighted by atomic mass is 16.4. The number of fused-ring (bicyclic) bond motifs is 1. The molecule has 2 aromatic carbocycles. The van der Waals surface area contributed by atoms with Crippen LogP contribution in [0.2, 0.25) is 0 Å². The van der Waals surface area contributed by atoms with Gasteiger partial charge in [-0.3, -0.25) is 29.4 Å². The van der Waals surface area contributed by atoms with Crippen molar-refractivity contribution in [3.8, 4) is 11.1 Å². The van der Waals surface area contributed by atoms with Crippen LogP contribution in [0.15, 0.2) is 42.5 Å². The molecule has 28 heavy (non-hydrogen) atoms. The first-order valence-corrected chi connectivity index (χ1v) is 8.56. The summed E-state index contributed by atoms with van der Waals surface area (Å²) in [6, 6.07) is 9.85. The maximum absolute atomic E-state index is 12.8. The molecule has 1 saturated heterocycles. The van der Waals surface area contributed by atoms with E-state index in [2.05, 4.69) is 5.32 Å². The largest absolute Gasteiger partial charge is 0.478 e. The number of carbonyl (C=O) groups excluding carboxylic acids is 4. The van der Waals surface area contributed by atoms with Crippen LogP contribution in [0.1, 0.15) is 43.9 Å². The van der Waals surface area contributed by atoms with Gasteiger partial charge < -0.3 is 5.11 Å². The summed E-state index contributed by atoms with van der Waals surface area (Å²) in [5.74, 6) is -3.28. The van der Waals surface area contributed by atoms with Gasteiger partial charge in [0.2, 0.25) is 11.8 Å². The fraction of sp³-hybridized carbons (Fsp3) is 0.150. The van der Waals surface area contributed by atoms with E-state index in [1.165, 1.54) is 18.2 Å². The minimum absolute atomic E-state index is 0.0605. The van der Waals surface area contributed by atoms with E-state index in [0.717, 1.165) is 4.90 Å². The van der Waals surface area contributed by atoms with Crippen molar-refractivity contribution >= 4 is 29.6 Å². The number of amides is 4. The molecule has 1 fully saturated rings. The summed E-state index contributed by atoms with van der Waals surface area (Å²) in [5, 5.41) is 11.1. The van der Waals surface area contributed by atoms with Crippen molar-refractivity contribution in [2.45, 2.75) is 18.9 Å². The van der Waals surface area contributed by atoms with E-state index in [4.69, 9.17) is 5.11 Å². The van der Waals surface area contributed by atoms with E-state index in [-0.39, 0.29) is 29.5 Å². The number of hydrogen-bond donors (Lipinski definition) is 2. The topological polar surface area (TPSA) is 121 Å². The monoisotopic (exact) mass is 378 g/mol. The Labute approximate surface area is 158 Å². The number of aromatic carboxylic acids is 1. The van der Waals surface area contributed by atoms with Crippen molar-refractivity contribution in [1.29, 1.82) is 0 Å². The quantitative estimate of drug-likeness (QED) is 0.780. The lowest BCUT2D eigenvalue weighted by Crippen LogP contribution is -2.54. The Hall–Kier alpha value is -3.81. The van der Waals surface area contributed by atoms with Crippen LogP contribution in [0.3, 0.4) is 0 Å². The molecule has 4 amide bonds. The lowest BCUT2D eigenvalue weighted by atomic mass is 9.99. The molecule has 2 aliphatic rings. The molecule has 8 heteroatoms. The minimum Gasteiger partial charge on any atom is -0.478 e. The Morgan fingerprint density at radius 3 is 2.21 bits per heavy atom. The van der Waals surface area contributed by atoms with Crippen molar-refractivity contribution in [2.75, 3.05) is 0 Å². The smallest absolute Gasteiger partial charge is 0.335 e. The third-order valence-electron chi connectivity index (χ3n) is 4.90. The molecule has 0 bridgehead atoms. The number of carbonyl (C=O) groups is 5. The number of imide groups is 2. The van der Waals surface area contributed by atoms with Crippen LogP contribution in [0.4, 0.5) is 0 Å². The Morgan fingerprint density at radius 1 is 0.929 bits per heavy atom. The standard InChI is InChI=1S/C20H14N2O6/c23-16-8-7-15(17(24)21-16)22-18(25)13-6-5-12(9-14(13)19(22)26)10-1-3-11(4-2-10)20(27)28/h1-6,9,15H,7-8H2,(H,27,28)(H,21,23,24). The summed E-state index contributed by atoms with van der Waals surface area (Å²) in [6.45, 7) is 0. The molecular weight excluding hydrogens is 364 g/mol. The maximum Gasteiger partial charge on any atom is 0.335 e. The first-order chi connectivity index (χ1) is 13.4. The first kappa shape index (κ1) is 17.6. The molecule has 1 atom stereocenters. The molecule has 2 N–H and O–H groups in total. The molecule has 0 radical (unpaired) electrons. The highest BCUT2D eigenvalue weighted by Crippen LogP contribution is 2.31. The zero-order valence-electron chi connectivity index (χ0n) is 14.5. The van der Waals surface area contributed by atoms with Gasteiger partial charge in [-0.25, -0.2) is 4.79 Å². The molecule has 2 aromatic rings. The molecule has 2 heterocycles. The van der Waals surface area contributed by atoms with E-state index in [9.17, 15) is 24.0 Å². The second-order valence-corrected chi connectivity index (χ2v) is 6.59. The Kier molecular flexibility index (Phi) is 4.03. The first-order valence-electron chi connectivity index (χ1n) is 8.56. The third kappa shape index (κ3) is 2.75. The molecule has 1 unspecified atom stereocenters. The van der Waals surface area contributed by atoms with Gasteiger partial charge in [0, 0.05) is 6.42 Å². The number of hydrogen-bond acceptors (Lipinski definition) is 5. The van der Waals surface area contributed by atoms with Gasteiger partial charge in [0.25, 0.3) is 11.8 Å². The predicted octanol–water partition coefficient (Wildman–Crippen LogP) is 1.45. The summed E-state index contributed by atoms with van der Waals surface area (Å²) in [6.07, 6.45) is 0.157. The number of rotatable bonds is 3. The highest BCUT2D eigenvalue weighted by molar-refractivity contribution is 6.23. The fourth-order valence-electron chi connectivity index (χ4n) is 3.46.